The molecule has 218 valence electrons. The summed E-state index contributed by atoms with van der Waals surface area (Å²) in [7, 11) is 0. The molecular formula is C28H30ClF3N6O3. The van der Waals surface area contributed by atoms with Gasteiger partial charge in [0.2, 0.25) is 11.7 Å². The van der Waals surface area contributed by atoms with E-state index < -0.39 is 17.6 Å². The molecule has 0 aliphatic carbocycles. The van der Waals surface area contributed by atoms with Crippen LogP contribution in [0.15, 0.2) is 34.6 Å². The van der Waals surface area contributed by atoms with Crippen molar-refractivity contribution in [3.63, 3.8) is 0 Å². The van der Waals surface area contributed by atoms with Crippen molar-refractivity contribution in [1.82, 2.24) is 24.5 Å². The molecular weight excluding hydrogens is 561 g/mol. The minimum atomic E-state index is -4.56. The lowest BCUT2D eigenvalue weighted by Gasteiger charge is -2.17. The summed E-state index contributed by atoms with van der Waals surface area (Å²) in [5.41, 5.74) is 1.71. The normalized spacial score (nSPS) is 19.0. The fraction of sp³-hybridized carbons (Fsp3) is 0.429. The third-order valence-corrected chi connectivity index (χ3v) is 7.46. The third-order valence-electron chi connectivity index (χ3n) is 7.15. The first-order valence-corrected chi connectivity index (χ1v) is 13.8. The number of hydrogen-bond acceptors (Lipinski definition) is 6. The van der Waals surface area contributed by atoms with Gasteiger partial charge in [-0.15, -0.1) is 5.10 Å². The number of aromatic nitrogens is 4. The number of nitrogens with zero attached hydrogens (tertiary/aromatic N) is 4. The van der Waals surface area contributed by atoms with E-state index in [1.54, 1.807) is 4.57 Å². The highest BCUT2D eigenvalue weighted by Gasteiger charge is 2.31. The molecule has 1 unspecified atom stereocenters. The Morgan fingerprint density at radius 2 is 2.12 bits per heavy atom. The molecule has 0 spiro atoms. The van der Waals surface area contributed by atoms with Crippen molar-refractivity contribution in [3.05, 3.63) is 67.9 Å². The number of alkyl halides is 3. The van der Waals surface area contributed by atoms with E-state index in [1.807, 2.05) is 19.1 Å². The minimum absolute atomic E-state index is 0.0407. The molecule has 1 aromatic carbocycles. The summed E-state index contributed by atoms with van der Waals surface area (Å²) in [6.45, 7) is 5.41. The zero-order chi connectivity index (χ0) is 29.3. The highest BCUT2D eigenvalue weighted by Crippen LogP contribution is 2.34. The van der Waals surface area contributed by atoms with Gasteiger partial charge in [0.1, 0.15) is 6.54 Å². The molecule has 9 nitrogen and oxygen atoms in total. The van der Waals surface area contributed by atoms with E-state index in [0.717, 1.165) is 35.8 Å². The Hall–Kier alpha value is -3.48. The van der Waals surface area contributed by atoms with Crippen molar-refractivity contribution >= 4 is 40.6 Å². The van der Waals surface area contributed by atoms with E-state index in [4.69, 9.17) is 16.3 Å². The van der Waals surface area contributed by atoms with Crippen molar-refractivity contribution in [2.75, 3.05) is 25.1 Å². The average Bonchev–Trinajstić information content (AvgIpc) is 3.45. The number of carbonyl (C=O) groups is 1. The Morgan fingerprint density at radius 3 is 2.80 bits per heavy atom. The van der Waals surface area contributed by atoms with Crippen LogP contribution in [0.3, 0.4) is 0 Å². The standard InChI is InChI=1S/C28H30ClF3N6O3/c1-3-23-20(12-17-11-16(2)33-14-17)26(40)38-27(35-25(36-38)18-5-4-9-41-10-8-18)37(23)15-24(39)34-22-7-6-19(13-21(22)29)28(30,31)32/h5-7,12-13,16,33H,3-4,8-11,14-15H2,1-2H3,(H,34,39). The van der Waals surface area contributed by atoms with Gasteiger partial charge in [-0.1, -0.05) is 30.2 Å². The van der Waals surface area contributed by atoms with E-state index in [-0.39, 0.29) is 34.6 Å². The molecule has 2 N–H and O–H groups in total. The van der Waals surface area contributed by atoms with Crippen molar-refractivity contribution in [2.45, 2.75) is 58.3 Å². The molecule has 3 aromatic rings. The van der Waals surface area contributed by atoms with Crippen molar-refractivity contribution < 1.29 is 22.7 Å². The molecule has 4 heterocycles. The molecule has 1 saturated heterocycles. The number of rotatable bonds is 6. The second kappa shape index (κ2) is 11.8. The molecule has 1 atom stereocenters. The lowest BCUT2D eigenvalue weighted by molar-refractivity contribution is -0.137. The predicted molar refractivity (Wildman–Crippen MR) is 150 cm³/mol. The first-order chi connectivity index (χ1) is 19.5. The molecule has 0 radical (unpaired) electrons. The molecule has 5 rings (SSSR count). The summed E-state index contributed by atoms with van der Waals surface area (Å²) in [5, 5.41) is 10.3. The predicted octanol–water partition coefficient (Wildman–Crippen LogP) is 4.72. The smallest absolute Gasteiger partial charge is 0.381 e. The molecule has 1 amide bonds. The lowest BCUT2D eigenvalue weighted by Crippen LogP contribution is -2.29. The van der Waals surface area contributed by atoms with Crippen LogP contribution in [-0.4, -0.2) is 50.9 Å². The van der Waals surface area contributed by atoms with Gasteiger partial charge in [-0.25, -0.2) is 0 Å². The highest BCUT2D eigenvalue weighted by molar-refractivity contribution is 6.33. The van der Waals surface area contributed by atoms with Gasteiger partial charge in [-0.05, 0) is 62.5 Å². The van der Waals surface area contributed by atoms with Gasteiger partial charge in [0.25, 0.3) is 5.56 Å². The largest absolute Gasteiger partial charge is 0.416 e. The van der Waals surface area contributed by atoms with E-state index in [2.05, 4.69) is 27.6 Å². The SMILES string of the molecule is CCc1c(C=C2CNC(C)C2)c(=O)n2nc(C3=CCCOCC3)nc2n1CC(=O)Nc1ccc(C(F)(F)F)cc1Cl. The van der Waals surface area contributed by atoms with Crippen LogP contribution in [0.5, 0.6) is 0 Å². The molecule has 0 saturated carbocycles. The Morgan fingerprint density at radius 1 is 1.32 bits per heavy atom. The summed E-state index contributed by atoms with van der Waals surface area (Å²) < 4.78 is 47.6. The fourth-order valence-corrected chi connectivity index (χ4v) is 5.36. The average molecular weight is 591 g/mol. The van der Waals surface area contributed by atoms with Gasteiger partial charge in [0.05, 0.1) is 35.1 Å². The Kier molecular flexibility index (Phi) is 8.35. The van der Waals surface area contributed by atoms with Gasteiger partial charge in [-0.3, -0.25) is 9.59 Å². The Balaban J connectivity index is 1.58. The van der Waals surface area contributed by atoms with Crippen molar-refractivity contribution in [3.8, 4) is 0 Å². The van der Waals surface area contributed by atoms with Crippen LogP contribution in [0.4, 0.5) is 18.9 Å². The van der Waals surface area contributed by atoms with Crippen molar-refractivity contribution in [2.24, 2.45) is 0 Å². The number of amides is 1. The summed E-state index contributed by atoms with van der Waals surface area (Å²) in [4.78, 5) is 31.7. The zero-order valence-electron chi connectivity index (χ0n) is 22.6. The molecule has 2 aliphatic rings. The number of anilines is 1. The van der Waals surface area contributed by atoms with Gasteiger partial charge in [0.15, 0.2) is 5.82 Å². The van der Waals surface area contributed by atoms with E-state index >= 15 is 0 Å². The molecule has 2 aromatic heterocycles. The second-order valence-electron chi connectivity index (χ2n) is 10.2. The molecule has 1 fully saturated rings. The van der Waals surface area contributed by atoms with Gasteiger partial charge < -0.3 is 19.9 Å². The summed E-state index contributed by atoms with van der Waals surface area (Å²) in [6, 6.07) is 3.01. The number of ether oxygens (including phenoxy) is 1. The van der Waals surface area contributed by atoms with Crippen molar-refractivity contribution in [1.29, 1.82) is 0 Å². The number of fused-ring (bicyclic) bond motifs is 1. The number of carbonyl (C=O) groups excluding carboxylic acids is 1. The second-order valence-corrected chi connectivity index (χ2v) is 10.6. The van der Waals surface area contributed by atoms with Crippen LogP contribution >= 0.6 is 11.6 Å². The maximum Gasteiger partial charge on any atom is 0.416 e. The molecule has 0 bridgehead atoms. The monoisotopic (exact) mass is 590 g/mol. The third kappa shape index (κ3) is 6.24. The van der Waals surface area contributed by atoms with Crippen LogP contribution in [0.25, 0.3) is 17.4 Å². The summed E-state index contributed by atoms with van der Waals surface area (Å²) in [5.74, 6) is 0.0329. The van der Waals surface area contributed by atoms with Gasteiger partial charge >= 0.3 is 6.18 Å². The lowest BCUT2D eigenvalue weighted by atomic mass is 10.1. The molecule has 2 aliphatic heterocycles. The fourth-order valence-electron chi connectivity index (χ4n) is 5.14. The van der Waals surface area contributed by atoms with E-state index in [9.17, 15) is 22.8 Å². The number of hydrogen-bond donors (Lipinski definition) is 2. The van der Waals surface area contributed by atoms with Gasteiger partial charge in [-0.2, -0.15) is 22.7 Å². The maximum absolute atomic E-state index is 13.8. The minimum Gasteiger partial charge on any atom is -0.381 e. The van der Waals surface area contributed by atoms with Crippen LogP contribution in [-0.2, 0) is 28.7 Å². The quantitative estimate of drug-likeness (QED) is 0.431. The highest BCUT2D eigenvalue weighted by atomic mass is 35.5. The van der Waals surface area contributed by atoms with E-state index in [0.29, 0.717) is 56.1 Å². The van der Waals surface area contributed by atoms with Gasteiger partial charge in [0, 0.05) is 18.3 Å². The number of halogens is 4. The number of nitrogens with one attached hydrogen (secondary N) is 2. The Labute approximate surface area is 239 Å². The van der Waals surface area contributed by atoms with E-state index in [1.165, 1.54) is 4.52 Å². The molecule has 41 heavy (non-hydrogen) atoms. The number of benzene rings is 1. The van der Waals surface area contributed by atoms with Crippen LogP contribution in [0, 0.1) is 0 Å². The topological polar surface area (TPSA) is 103 Å². The van der Waals surface area contributed by atoms with Crippen LogP contribution in [0.2, 0.25) is 5.02 Å². The first kappa shape index (κ1) is 29.0. The summed E-state index contributed by atoms with van der Waals surface area (Å²) >= 11 is 6.07. The van der Waals surface area contributed by atoms with Crippen LogP contribution < -0.4 is 16.2 Å². The maximum atomic E-state index is 13.8. The zero-order valence-corrected chi connectivity index (χ0v) is 23.4. The first-order valence-electron chi connectivity index (χ1n) is 13.4. The summed E-state index contributed by atoms with van der Waals surface area (Å²) in [6.07, 6.45) is 1.76. The Bertz CT molecular complexity index is 1610. The molecule has 13 heteroatoms. The van der Waals surface area contributed by atoms with Crippen LogP contribution in [0.1, 0.15) is 55.8 Å².